The molecule has 3 aliphatic heterocycles. The molecule has 5 heterocycles. The van der Waals surface area contributed by atoms with Crippen LogP contribution in [0.15, 0.2) is 35.5 Å². The Bertz CT molecular complexity index is 1590. The maximum absolute atomic E-state index is 15.1. The summed E-state index contributed by atoms with van der Waals surface area (Å²) in [5.41, 5.74) is 3.69. The number of aromatic nitrogens is 3. The van der Waals surface area contributed by atoms with Crippen LogP contribution in [-0.4, -0.2) is 55.7 Å². The van der Waals surface area contributed by atoms with Crippen molar-refractivity contribution in [2.75, 3.05) is 18.5 Å². The number of amides is 1. The van der Waals surface area contributed by atoms with Crippen molar-refractivity contribution in [2.24, 2.45) is 4.99 Å². The van der Waals surface area contributed by atoms with Crippen LogP contribution in [0.5, 0.6) is 0 Å². The number of rotatable bonds is 4. The van der Waals surface area contributed by atoms with Gasteiger partial charge < -0.3 is 15.3 Å². The van der Waals surface area contributed by atoms with Crippen LogP contribution in [0.25, 0.3) is 11.3 Å². The van der Waals surface area contributed by atoms with E-state index in [0.29, 0.717) is 30.9 Å². The first-order valence-corrected chi connectivity index (χ1v) is 13.1. The number of hydrogen-bond acceptors (Lipinski definition) is 7. The molecule has 0 bridgehead atoms. The van der Waals surface area contributed by atoms with Gasteiger partial charge in [0.1, 0.15) is 23.5 Å². The molecule has 10 heteroatoms. The topological polar surface area (TPSA) is 107 Å². The molecule has 196 valence electrons. The monoisotopic (exact) mass is 516 g/mol. The van der Waals surface area contributed by atoms with E-state index in [0.717, 1.165) is 46.8 Å². The molecule has 3 aliphatic rings. The molecular weight excluding hydrogens is 485 g/mol. The molecule has 1 unspecified atom stereocenters. The second-order valence-corrected chi connectivity index (χ2v) is 10.9. The van der Waals surface area contributed by atoms with E-state index in [1.54, 1.807) is 11.0 Å². The number of benzene rings is 1. The molecule has 1 aromatic carbocycles. The van der Waals surface area contributed by atoms with Crippen molar-refractivity contribution in [1.29, 1.82) is 0 Å². The molecule has 1 saturated heterocycles. The lowest BCUT2D eigenvalue weighted by Crippen LogP contribution is -2.53. The average molecular weight is 517 g/mol. The summed E-state index contributed by atoms with van der Waals surface area (Å²) in [6.45, 7) is 6.92. The van der Waals surface area contributed by atoms with Crippen molar-refractivity contribution < 1.29 is 14.3 Å². The van der Waals surface area contributed by atoms with E-state index in [4.69, 9.17) is 10.1 Å². The standard InChI is InChI=1S/C28H31FN7O2/c1-16-11-18(12-21-25(16)33-23-5-4-9-28(2,3)36(21)23)26-19(29)13-30-27(34-26)32-22-7-6-17-14-35(24(38)15-37)10-8-20(17)31-22/h6-7,11-13,23,37H,4-5,8-10,14-15H2,1-3H3,(H,30,31,32,34)/q+1. The van der Waals surface area contributed by atoms with Gasteiger partial charge in [0.15, 0.2) is 11.4 Å². The highest BCUT2D eigenvalue weighted by Gasteiger charge is 2.43. The second-order valence-electron chi connectivity index (χ2n) is 10.9. The van der Waals surface area contributed by atoms with Crippen LogP contribution in [-0.2, 0) is 17.8 Å². The number of hydrogen-bond donors (Lipinski definition) is 2. The van der Waals surface area contributed by atoms with Gasteiger partial charge in [-0.25, -0.2) is 28.9 Å². The molecule has 0 radical (unpaired) electrons. The van der Waals surface area contributed by atoms with Crippen molar-refractivity contribution in [3.05, 3.63) is 63.8 Å². The molecule has 0 saturated carbocycles. The minimum Gasteiger partial charge on any atom is -0.387 e. The van der Waals surface area contributed by atoms with E-state index in [1.165, 1.54) is 6.20 Å². The molecule has 2 N–H and O–H groups in total. The van der Waals surface area contributed by atoms with Gasteiger partial charge in [0, 0.05) is 63.5 Å². The quantitative estimate of drug-likeness (QED) is 0.514. The van der Waals surface area contributed by atoms with Crippen molar-refractivity contribution in [1.82, 2.24) is 24.4 Å². The second kappa shape index (κ2) is 9.20. The number of carbonyl (C=O) groups excluding carboxylic acids is 1. The number of carbonyl (C=O) groups is 1. The van der Waals surface area contributed by atoms with E-state index in [2.05, 4.69) is 38.7 Å². The van der Waals surface area contributed by atoms with E-state index >= 15 is 4.39 Å². The number of halogens is 1. The van der Waals surface area contributed by atoms with Crippen molar-refractivity contribution in [2.45, 2.75) is 64.7 Å². The number of aliphatic hydroxyl groups excluding tert-OH is 1. The summed E-state index contributed by atoms with van der Waals surface area (Å²) in [7, 11) is 0. The number of nitrogens with zero attached hydrogens (tertiary/aromatic N) is 6. The molecule has 38 heavy (non-hydrogen) atoms. The summed E-state index contributed by atoms with van der Waals surface area (Å²) in [6, 6.07) is 7.64. The van der Waals surface area contributed by atoms with Gasteiger partial charge in [0.2, 0.25) is 23.4 Å². The Balaban J connectivity index is 1.33. The fourth-order valence-electron chi connectivity index (χ4n) is 5.92. The van der Waals surface area contributed by atoms with Gasteiger partial charge >= 0.3 is 0 Å². The fourth-order valence-corrected chi connectivity index (χ4v) is 5.92. The molecule has 0 aliphatic carbocycles. The third-order valence-electron chi connectivity index (χ3n) is 7.81. The number of fused-ring (bicyclic) bond motifs is 3. The summed E-state index contributed by atoms with van der Waals surface area (Å²) in [5.74, 6) is 0.0112. The van der Waals surface area contributed by atoms with Crippen LogP contribution in [0.2, 0.25) is 0 Å². The Morgan fingerprint density at radius 2 is 2.13 bits per heavy atom. The number of piperidine rings is 1. The first kappa shape index (κ1) is 24.5. The highest BCUT2D eigenvalue weighted by Crippen LogP contribution is 2.28. The van der Waals surface area contributed by atoms with Crippen molar-refractivity contribution in [3.8, 4) is 11.3 Å². The average Bonchev–Trinajstić information content (AvgIpc) is 3.29. The SMILES string of the molecule is Cc1cc(-c2nc(Nc3ccc4c(n3)CCN(C(=O)CO)C4)ncc2F)cc2c1=NC1CCCC(C)(C)[N+]=21. The van der Waals surface area contributed by atoms with E-state index in [-0.39, 0.29) is 29.3 Å². The molecule has 1 amide bonds. The zero-order valence-corrected chi connectivity index (χ0v) is 21.8. The highest BCUT2D eigenvalue weighted by atomic mass is 19.1. The Morgan fingerprint density at radius 1 is 1.29 bits per heavy atom. The first-order valence-electron chi connectivity index (χ1n) is 13.1. The van der Waals surface area contributed by atoms with Crippen LogP contribution < -0.4 is 20.6 Å². The van der Waals surface area contributed by atoms with Gasteiger partial charge in [-0.3, -0.25) is 4.79 Å². The predicted octanol–water partition coefficient (Wildman–Crippen LogP) is 2.02. The minimum atomic E-state index is -0.498. The van der Waals surface area contributed by atoms with Crippen LogP contribution in [0.1, 0.15) is 49.9 Å². The van der Waals surface area contributed by atoms with E-state index < -0.39 is 12.4 Å². The number of anilines is 2. The molecule has 6 rings (SSSR count). The Morgan fingerprint density at radius 3 is 2.95 bits per heavy atom. The van der Waals surface area contributed by atoms with E-state index in [9.17, 15) is 4.79 Å². The summed E-state index contributed by atoms with van der Waals surface area (Å²) < 4.78 is 17.4. The molecule has 0 spiro atoms. The largest absolute Gasteiger partial charge is 0.387 e. The van der Waals surface area contributed by atoms with E-state index in [1.807, 2.05) is 25.1 Å². The minimum absolute atomic E-state index is 0.0276. The third-order valence-corrected chi connectivity index (χ3v) is 7.81. The Kier molecular flexibility index (Phi) is 5.94. The van der Waals surface area contributed by atoms with Crippen LogP contribution in [0, 0.1) is 12.7 Å². The number of aryl methyl sites for hydroxylation is 1. The summed E-state index contributed by atoms with van der Waals surface area (Å²) in [4.78, 5) is 31.8. The predicted molar refractivity (Wildman–Crippen MR) is 140 cm³/mol. The zero-order chi connectivity index (χ0) is 26.6. The zero-order valence-electron chi connectivity index (χ0n) is 21.8. The third kappa shape index (κ3) is 4.22. The molecule has 1 atom stereocenters. The van der Waals surface area contributed by atoms with Gasteiger partial charge in [0.25, 0.3) is 0 Å². The maximum atomic E-state index is 15.1. The highest BCUT2D eigenvalue weighted by molar-refractivity contribution is 5.77. The maximum Gasteiger partial charge on any atom is 0.248 e. The van der Waals surface area contributed by atoms with Crippen molar-refractivity contribution >= 4 is 17.7 Å². The lowest BCUT2D eigenvalue weighted by atomic mass is 9.90. The molecule has 2 aromatic heterocycles. The van der Waals surface area contributed by atoms with Gasteiger partial charge in [0.05, 0.1) is 6.20 Å². The molecule has 9 nitrogen and oxygen atoms in total. The summed E-state index contributed by atoms with van der Waals surface area (Å²) >= 11 is 0. The van der Waals surface area contributed by atoms with Crippen LogP contribution in [0.4, 0.5) is 16.2 Å². The van der Waals surface area contributed by atoms with Crippen LogP contribution >= 0.6 is 0 Å². The van der Waals surface area contributed by atoms with Gasteiger partial charge in [-0.2, -0.15) is 0 Å². The number of pyridine rings is 1. The first-order chi connectivity index (χ1) is 18.2. The molecular formula is C28H31FN7O2+. The Hall–Kier alpha value is -3.79. The molecule has 1 fully saturated rings. The number of nitrogens with one attached hydrogen (secondary N) is 1. The van der Waals surface area contributed by atoms with Crippen molar-refractivity contribution in [3.63, 3.8) is 0 Å². The van der Waals surface area contributed by atoms with Gasteiger partial charge in [-0.05, 0) is 36.6 Å². The lowest BCUT2D eigenvalue weighted by molar-refractivity contribution is -0.135. The van der Waals surface area contributed by atoms with Gasteiger partial charge in [-0.15, -0.1) is 0 Å². The van der Waals surface area contributed by atoms with Crippen LogP contribution in [0.3, 0.4) is 0 Å². The Labute approximate surface area is 219 Å². The lowest BCUT2D eigenvalue weighted by Gasteiger charge is -2.29. The summed E-state index contributed by atoms with van der Waals surface area (Å²) in [5, 5.41) is 14.3. The summed E-state index contributed by atoms with van der Waals surface area (Å²) in [6.07, 6.45) is 5.14. The smallest absolute Gasteiger partial charge is 0.248 e. The number of aliphatic hydroxyl groups is 1. The molecule has 3 aromatic rings. The normalized spacial score (nSPS) is 19.3. The van der Waals surface area contributed by atoms with Gasteiger partial charge in [-0.1, -0.05) is 6.07 Å². The fraction of sp³-hybridized carbons (Fsp3) is 0.429.